The van der Waals surface area contributed by atoms with Gasteiger partial charge in [0.15, 0.2) is 5.52 Å². The van der Waals surface area contributed by atoms with E-state index in [1.165, 1.54) is 0 Å². The van der Waals surface area contributed by atoms with E-state index >= 15 is 0 Å². The maximum absolute atomic E-state index is 12.4. The Labute approximate surface area is 199 Å². The Bertz CT molecular complexity index is 617. The van der Waals surface area contributed by atoms with Crippen LogP contribution in [-0.2, 0) is 28.7 Å². The molecule has 11 nitrogen and oxygen atoms in total. The van der Waals surface area contributed by atoms with Gasteiger partial charge in [-0.25, -0.2) is 0 Å². The van der Waals surface area contributed by atoms with Crippen molar-refractivity contribution < 1.29 is 33.8 Å². The van der Waals surface area contributed by atoms with E-state index in [0.29, 0.717) is 19.0 Å². The molecule has 31 heavy (non-hydrogen) atoms. The molecule has 0 saturated heterocycles. The molecule has 0 bridgehead atoms. The standard InChI is InChI=1S/C16H29BIN4O7P2/c1-17-30-14(25)8-21-16(27)11(2-3-12(23)20-9-15(26)31-18)22-13(24)10-29-7-6-28-5-4-19/h11,26,30H,2-10,19H2,1H3,(H,20,23)(H,21,27)(H,22,24)/p-1. The van der Waals surface area contributed by atoms with Gasteiger partial charge >= 0.3 is 0 Å². The molecule has 0 heterocycles. The number of amides is 3. The summed E-state index contributed by atoms with van der Waals surface area (Å²) < 4.78 is 10.3. The van der Waals surface area contributed by atoms with Gasteiger partial charge in [0.2, 0.25) is 17.7 Å². The molecule has 0 aliphatic carbocycles. The Morgan fingerprint density at radius 2 is 1.84 bits per heavy atom. The Kier molecular flexibility index (Phi) is 19.5. The van der Waals surface area contributed by atoms with Crippen LogP contribution >= 0.6 is 36.3 Å². The van der Waals surface area contributed by atoms with E-state index in [-0.39, 0.29) is 65.2 Å². The Morgan fingerprint density at radius 1 is 1.13 bits per heavy atom. The van der Waals surface area contributed by atoms with Gasteiger partial charge in [-0.05, 0) is 34.3 Å². The average Bonchev–Trinajstić information content (AvgIpc) is 2.75. The van der Waals surface area contributed by atoms with Crippen LogP contribution < -0.4 is 26.8 Å². The first-order chi connectivity index (χ1) is 14.8. The number of nitrogens with two attached hydrogens (primary N) is 1. The number of hydrogen-bond donors (Lipinski definition) is 4. The third-order valence-electron chi connectivity index (χ3n) is 3.44. The topological polar surface area (TPSA) is 172 Å². The number of nitrogens with one attached hydrogen (secondary N) is 3. The van der Waals surface area contributed by atoms with Crippen LogP contribution in [0.5, 0.6) is 0 Å². The van der Waals surface area contributed by atoms with E-state index in [0.717, 1.165) is 0 Å². The van der Waals surface area contributed by atoms with Crippen molar-refractivity contribution in [3.05, 3.63) is 0 Å². The molecule has 1 radical (unpaired) electrons. The molecule has 0 fully saturated rings. The Hall–Kier alpha value is -0.685. The van der Waals surface area contributed by atoms with E-state index in [9.17, 15) is 24.3 Å². The van der Waals surface area contributed by atoms with E-state index < -0.39 is 23.8 Å². The van der Waals surface area contributed by atoms with E-state index in [4.69, 9.17) is 15.2 Å². The van der Waals surface area contributed by atoms with Crippen LogP contribution in [0.2, 0.25) is 6.82 Å². The lowest BCUT2D eigenvalue weighted by Gasteiger charge is -2.19. The van der Waals surface area contributed by atoms with Crippen molar-refractivity contribution in [2.24, 2.45) is 5.73 Å². The molecular weight excluding hydrogens is 560 g/mol. The summed E-state index contributed by atoms with van der Waals surface area (Å²) in [4.78, 5) is 48.0. The van der Waals surface area contributed by atoms with Crippen LogP contribution in [0.1, 0.15) is 12.8 Å². The van der Waals surface area contributed by atoms with Gasteiger partial charge in [-0.15, -0.1) is 5.48 Å². The smallest absolute Gasteiger partial charge is 0.246 e. The lowest BCUT2D eigenvalue weighted by Crippen LogP contribution is -2.49. The molecule has 0 rings (SSSR count). The van der Waals surface area contributed by atoms with Crippen LogP contribution in [0.4, 0.5) is 0 Å². The van der Waals surface area contributed by atoms with Crippen LogP contribution in [-0.4, -0.2) is 87.8 Å². The lowest BCUT2D eigenvalue weighted by molar-refractivity contribution is -0.211. The highest BCUT2D eigenvalue weighted by Crippen LogP contribution is 2.07. The van der Waals surface area contributed by atoms with E-state index in [1.807, 2.05) is 22.0 Å². The highest BCUT2D eigenvalue weighted by Gasteiger charge is 2.22. The number of carbonyl (C=O) groups excluding carboxylic acids is 4. The van der Waals surface area contributed by atoms with Gasteiger partial charge in [0.25, 0.3) is 0 Å². The second-order valence-electron chi connectivity index (χ2n) is 5.94. The van der Waals surface area contributed by atoms with Gasteiger partial charge in [0, 0.05) is 19.5 Å². The highest BCUT2D eigenvalue weighted by molar-refractivity contribution is 14.2. The molecule has 0 aromatic carbocycles. The molecule has 2 unspecified atom stereocenters. The van der Waals surface area contributed by atoms with Crippen molar-refractivity contribution in [3.63, 3.8) is 0 Å². The summed E-state index contributed by atoms with van der Waals surface area (Å²) in [6.07, 6.45) is -0.0917. The Morgan fingerprint density at radius 3 is 2.48 bits per heavy atom. The molecule has 0 aliphatic rings. The van der Waals surface area contributed by atoms with Crippen molar-refractivity contribution in [3.8, 4) is 0 Å². The molecule has 0 saturated carbocycles. The predicted octanol–water partition coefficient (Wildman–Crippen LogP) is -1.87. The summed E-state index contributed by atoms with van der Waals surface area (Å²) >= 11 is 1.87. The van der Waals surface area contributed by atoms with Gasteiger partial charge in [0.05, 0.1) is 26.4 Å². The average molecular weight is 588 g/mol. The molecule has 0 aliphatic heterocycles. The van der Waals surface area contributed by atoms with Gasteiger partial charge < -0.3 is 36.3 Å². The first-order valence-electron chi connectivity index (χ1n) is 9.45. The first kappa shape index (κ1) is 30.3. The van der Waals surface area contributed by atoms with Crippen LogP contribution in [0, 0.1) is 0 Å². The van der Waals surface area contributed by atoms with E-state index in [1.54, 1.807) is 13.8 Å². The second-order valence-corrected chi connectivity index (χ2v) is 9.48. The Balaban J connectivity index is 4.63. The summed E-state index contributed by atoms with van der Waals surface area (Å²) in [7, 11) is -0.0319. The van der Waals surface area contributed by atoms with Gasteiger partial charge in [0.1, 0.15) is 19.6 Å². The molecule has 5 N–H and O–H groups in total. The monoisotopic (exact) mass is 588 g/mol. The van der Waals surface area contributed by atoms with Crippen molar-refractivity contribution >= 4 is 72.1 Å². The van der Waals surface area contributed by atoms with Gasteiger partial charge in [-0.2, -0.15) is 0 Å². The molecule has 2 atom stereocenters. The maximum Gasteiger partial charge on any atom is 0.246 e. The summed E-state index contributed by atoms with van der Waals surface area (Å²) in [6, 6.07) is -1.03. The third-order valence-corrected chi connectivity index (χ3v) is 6.19. The van der Waals surface area contributed by atoms with Crippen molar-refractivity contribution in [2.75, 3.05) is 46.1 Å². The number of halogens is 1. The molecular formula is C16H28BIN4O7P2-. The number of rotatable bonds is 18. The molecule has 0 aromatic rings. The molecule has 175 valence electrons. The normalized spacial score (nSPS) is 12.5. The third kappa shape index (κ3) is 17.5. The summed E-state index contributed by atoms with van der Waals surface area (Å²) in [5.74, 6) is -1.05. The number of carbonyl (C=O) groups is 4. The first-order valence-corrected chi connectivity index (χ1v) is 14.2. The fourth-order valence-corrected chi connectivity index (χ4v) is 3.21. The van der Waals surface area contributed by atoms with Gasteiger partial charge in [-0.3, -0.25) is 19.2 Å². The number of hydrogen-bond acceptors (Lipinski definition) is 8. The minimum absolute atomic E-state index is 0.00443. The second kappa shape index (κ2) is 20.0. The van der Waals surface area contributed by atoms with Crippen molar-refractivity contribution in [1.29, 1.82) is 0 Å². The van der Waals surface area contributed by atoms with Crippen LogP contribution in [0.15, 0.2) is 0 Å². The zero-order chi connectivity index (χ0) is 23.5. The maximum atomic E-state index is 12.4. The van der Waals surface area contributed by atoms with Gasteiger partial charge in [-0.1, -0.05) is 15.3 Å². The largest absolute Gasteiger partial charge is 0.825 e. The fourth-order valence-electron chi connectivity index (χ4n) is 2.04. The fraction of sp³-hybridized carbons (Fsp3) is 0.688. The molecule has 0 spiro atoms. The number of ether oxygens (including phenoxy) is 2. The zero-order valence-corrected chi connectivity index (χ0v) is 21.3. The summed E-state index contributed by atoms with van der Waals surface area (Å²) in [5.41, 5.74) is 4.98. The van der Waals surface area contributed by atoms with E-state index in [2.05, 4.69) is 16.0 Å². The molecule has 3 amide bonds. The SMILES string of the molecule is C[B]PC(=O)CNC(=O)C(CCC(=O)NCC([O-])=PI)NC(=O)COCCOCCN. The molecule has 0 aromatic heterocycles. The van der Waals surface area contributed by atoms with Crippen LogP contribution in [0.25, 0.3) is 0 Å². The summed E-state index contributed by atoms with van der Waals surface area (Å²) in [6.45, 7) is 4.10. The van der Waals surface area contributed by atoms with Crippen molar-refractivity contribution in [2.45, 2.75) is 25.7 Å². The minimum Gasteiger partial charge on any atom is -0.825 e. The minimum atomic E-state index is -1.03. The molecule has 15 heteroatoms. The zero-order valence-electron chi connectivity index (χ0n) is 17.3. The quantitative estimate of drug-likeness (QED) is 0.0625. The lowest BCUT2D eigenvalue weighted by atomic mass is 10.1. The highest BCUT2D eigenvalue weighted by atomic mass is 127. The summed E-state index contributed by atoms with van der Waals surface area (Å²) in [5, 5.41) is 18.7. The van der Waals surface area contributed by atoms with Crippen LogP contribution in [0.3, 0.4) is 0 Å². The predicted molar refractivity (Wildman–Crippen MR) is 129 cm³/mol. The van der Waals surface area contributed by atoms with Crippen molar-refractivity contribution in [1.82, 2.24) is 16.0 Å².